The topological polar surface area (TPSA) is 81.6 Å². The zero-order valence-corrected chi connectivity index (χ0v) is 17.0. The molecule has 2 aromatic carbocycles. The van der Waals surface area contributed by atoms with Gasteiger partial charge in [-0.1, -0.05) is 12.1 Å². The number of nitrogens with zero attached hydrogens (tertiary/aromatic N) is 1. The van der Waals surface area contributed by atoms with E-state index in [1.807, 2.05) is 49.5 Å². The number of aromatic nitrogens is 1. The molecule has 0 spiro atoms. The number of amides is 2. The van der Waals surface area contributed by atoms with E-state index in [0.717, 1.165) is 28.0 Å². The second-order valence-electron chi connectivity index (χ2n) is 6.77. The fourth-order valence-corrected chi connectivity index (χ4v) is 3.09. The van der Waals surface area contributed by atoms with Crippen molar-refractivity contribution in [3.05, 3.63) is 59.8 Å². The van der Waals surface area contributed by atoms with E-state index < -0.39 is 6.04 Å². The van der Waals surface area contributed by atoms with Crippen molar-refractivity contribution in [2.24, 2.45) is 7.05 Å². The van der Waals surface area contributed by atoms with Crippen LogP contribution in [0.15, 0.2) is 48.5 Å². The second kappa shape index (κ2) is 8.68. The number of benzene rings is 2. The van der Waals surface area contributed by atoms with E-state index in [9.17, 15) is 9.59 Å². The third-order valence-electron chi connectivity index (χ3n) is 4.85. The van der Waals surface area contributed by atoms with E-state index in [4.69, 9.17) is 9.47 Å². The zero-order valence-electron chi connectivity index (χ0n) is 17.0. The van der Waals surface area contributed by atoms with Gasteiger partial charge in [-0.2, -0.15) is 0 Å². The number of fused-ring (bicyclic) bond motifs is 1. The standard InChI is InChI=1S/C22H25N3O4/c1-14(21(26)23-13-15-5-7-17(28-3)8-6-15)24-22(27)20-12-16-11-18(29-4)9-10-19(16)25(20)2/h5-12,14H,13H2,1-4H3,(H,23,26)(H,24,27). The van der Waals surface area contributed by atoms with E-state index in [0.29, 0.717) is 12.2 Å². The molecule has 0 saturated heterocycles. The van der Waals surface area contributed by atoms with Crippen molar-refractivity contribution in [2.75, 3.05) is 14.2 Å². The van der Waals surface area contributed by atoms with E-state index in [2.05, 4.69) is 10.6 Å². The Balaban J connectivity index is 1.62. The van der Waals surface area contributed by atoms with Crippen LogP contribution in [0, 0.1) is 0 Å². The minimum Gasteiger partial charge on any atom is -0.497 e. The van der Waals surface area contributed by atoms with E-state index in [1.54, 1.807) is 31.8 Å². The van der Waals surface area contributed by atoms with Gasteiger partial charge in [-0.05, 0) is 48.9 Å². The molecule has 0 aliphatic heterocycles. The highest BCUT2D eigenvalue weighted by atomic mass is 16.5. The van der Waals surface area contributed by atoms with E-state index in [1.165, 1.54) is 0 Å². The fourth-order valence-electron chi connectivity index (χ4n) is 3.09. The lowest BCUT2D eigenvalue weighted by atomic mass is 10.2. The van der Waals surface area contributed by atoms with E-state index >= 15 is 0 Å². The van der Waals surface area contributed by atoms with Crippen LogP contribution in [0.25, 0.3) is 10.9 Å². The van der Waals surface area contributed by atoms with Gasteiger partial charge in [0.1, 0.15) is 23.2 Å². The van der Waals surface area contributed by atoms with Gasteiger partial charge in [-0.3, -0.25) is 9.59 Å². The molecule has 0 bridgehead atoms. The van der Waals surface area contributed by atoms with Crippen molar-refractivity contribution in [1.29, 1.82) is 0 Å². The molecule has 29 heavy (non-hydrogen) atoms. The number of methoxy groups -OCH3 is 2. The predicted octanol–water partition coefficient (Wildman–Crippen LogP) is 2.63. The Kier molecular flexibility index (Phi) is 6.07. The Labute approximate surface area is 169 Å². The molecule has 0 fully saturated rings. The van der Waals surface area contributed by atoms with Crippen LogP contribution in [0.4, 0.5) is 0 Å². The molecule has 2 amide bonds. The molecular formula is C22H25N3O4. The number of rotatable bonds is 7. The average molecular weight is 395 g/mol. The maximum absolute atomic E-state index is 12.7. The molecule has 1 aromatic heterocycles. The molecule has 3 aromatic rings. The normalized spacial score (nSPS) is 11.7. The molecule has 1 unspecified atom stereocenters. The first-order valence-electron chi connectivity index (χ1n) is 9.28. The molecule has 1 atom stereocenters. The molecule has 7 heteroatoms. The Morgan fingerprint density at radius 2 is 1.66 bits per heavy atom. The summed E-state index contributed by atoms with van der Waals surface area (Å²) in [6.07, 6.45) is 0. The molecule has 0 radical (unpaired) electrons. The van der Waals surface area contributed by atoms with Crippen LogP contribution in [0.2, 0.25) is 0 Å². The Morgan fingerprint density at radius 3 is 2.31 bits per heavy atom. The molecule has 1 heterocycles. The predicted molar refractivity (Wildman–Crippen MR) is 111 cm³/mol. The van der Waals surface area contributed by atoms with Gasteiger partial charge in [0.25, 0.3) is 5.91 Å². The summed E-state index contributed by atoms with van der Waals surface area (Å²) >= 11 is 0. The van der Waals surface area contributed by atoms with Crippen LogP contribution in [-0.2, 0) is 18.4 Å². The average Bonchev–Trinajstić information content (AvgIpc) is 3.08. The lowest BCUT2D eigenvalue weighted by Gasteiger charge is -2.14. The van der Waals surface area contributed by atoms with Crippen LogP contribution in [0.3, 0.4) is 0 Å². The molecular weight excluding hydrogens is 370 g/mol. The Hall–Kier alpha value is -3.48. The Bertz CT molecular complexity index is 1020. The van der Waals surface area contributed by atoms with Crippen molar-refractivity contribution >= 4 is 22.7 Å². The van der Waals surface area contributed by atoms with Gasteiger partial charge in [0.05, 0.1) is 14.2 Å². The summed E-state index contributed by atoms with van der Waals surface area (Å²) < 4.78 is 12.2. The lowest BCUT2D eigenvalue weighted by Crippen LogP contribution is -2.44. The number of carbonyl (C=O) groups excluding carboxylic acids is 2. The maximum atomic E-state index is 12.7. The number of hydrogen-bond acceptors (Lipinski definition) is 4. The monoisotopic (exact) mass is 395 g/mol. The molecule has 3 rings (SSSR count). The summed E-state index contributed by atoms with van der Waals surface area (Å²) in [5.41, 5.74) is 2.33. The highest BCUT2D eigenvalue weighted by molar-refractivity contribution is 6.00. The summed E-state index contributed by atoms with van der Waals surface area (Å²) in [5.74, 6) is 0.916. The first-order valence-corrected chi connectivity index (χ1v) is 9.28. The lowest BCUT2D eigenvalue weighted by molar-refractivity contribution is -0.122. The van der Waals surface area contributed by atoms with E-state index in [-0.39, 0.29) is 11.8 Å². The summed E-state index contributed by atoms with van der Waals surface area (Å²) in [6, 6.07) is 14.2. The van der Waals surface area contributed by atoms with Gasteiger partial charge in [0, 0.05) is 24.5 Å². The second-order valence-corrected chi connectivity index (χ2v) is 6.77. The number of carbonyl (C=O) groups is 2. The fraction of sp³-hybridized carbons (Fsp3) is 0.273. The third-order valence-corrected chi connectivity index (χ3v) is 4.85. The van der Waals surface area contributed by atoms with Crippen LogP contribution < -0.4 is 20.1 Å². The summed E-state index contributed by atoms with van der Waals surface area (Å²) in [7, 11) is 5.02. The third kappa shape index (κ3) is 4.51. The summed E-state index contributed by atoms with van der Waals surface area (Å²) in [6.45, 7) is 2.03. The smallest absolute Gasteiger partial charge is 0.268 e. The largest absolute Gasteiger partial charge is 0.497 e. The van der Waals surface area contributed by atoms with Gasteiger partial charge in [0.15, 0.2) is 0 Å². The summed E-state index contributed by atoms with van der Waals surface area (Å²) in [5, 5.41) is 6.49. The van der Waals surface area contributed by atoms with Gasteiger partial charge in [-0.15, -0.1) is 0 Å². The van der Waals surface area contributed by atoms with Crippen LogP contribution in [-0.4, -0.2) is 36.6 Å². The number of ether oxygens (including phenoxy) is 2. The van der Waals surface area contributed by atoms with Crippen molar-refractivity contribution in [3.63, 3.8) is 0 Å². The van der Waals surface area contributed by atoms with Gasteiger partial charge >= 0.3 is 0 Å². The molecule has 7 nitrogen and oxygen atoms in total. The van der Waals surface area contributed by atoms with Crippen LogP contribution in [0.5, 0.6) is 11.5 Å². The van der Waals surface area contributed by atoms with Crippen molar-refractivity contribution in [1.82, 2.24) is 15.2 Å². The van der Waals surface area contributed by atoms with Crippen LogP contribution >= 0.6 is 0 Å². The highest BCUT2D eigenvalue weighted by Crippen LogP contribution is 2.23. The first kappa shape index (κ1) is 20.3. The first-order chi connectivity index (χ1) is 13.9. The minimum atomic E-state index is -0.673. The maximum Gasteiger partial charge on any atom is 0.268 e. The van der Waals surface area contributed by atoms with Gasteiger partial charge in [-0.25, -0.2) is 0 Å². The van der Waals surface area contributed by atoms with Gasteiger partial charge in [0.2, 0.25) is 5.91 Å². The quantitative estimate of drug-likeness (QED) is 0.644. The molecule has 152 valence electrons. The molecule has 2 N–H and O–H groups in total. The van der Waals surface area contributed by atoms with Gasteiger partial charge < -0.3 is 24.7 Å². The van der Waals surface area contributed by atoms with Crippen molar-refractivity contribution in [3.8, 4) is 11.5 Å². The van der Waals surface area contributed by atoms with Crippen LogP contribution in [0.1, 0.15) is 23.0 Å². The van der Waals surface area contributed by atoms with Crippen molar-refractivity contribution < 1.29 is 19.1 Å². The van der Waals surface area contributed by atoms with Crippen molar-refractivity contribution in [2.45, 2.75) is 19.5 Å². The zero-order chi connectivity index (χ0) is 21.0. The number of hydrogen-bond donors (Lipinski definition) is 2. The SMILES string of the molecule is COc1ccc(CNC(=O)C(C)NC(=O)c2cc3cc(OC)ccc3n2C)cc1. The summed E-state index contributed by atoms with van der Waals surface area (Å²) in [4.78, 5) is 25.1. The number of nitrogens with one attached hydrogen (secondary N) is 2. The molecule has 0 aliphatic rings. The Morgan fingerprint density at radius 1 is 1.00 bits per heavy atom. The minimum absolute atomic E-state index is 0.255. The molecule has 0 saturated carbocycles. The highest BCUT2D eigenvalue weighted by Gasteiger charge is 2.19. The molecule has 0 aliphatic carbocycles. The number of aryl methyl sites for hydroxylation is 1.